The standard InChI is InChI=1S/C18H19FN2O3/c19-17-7-4-8-18(21(22)23)16(17)12-20(11-14-9-10-24-13-14)15-5-2-1-3-6-15/h1-8,14H,9-13H2. The summed E-state index contributed by atoms with van der Waals surface area (Å²) < 4.78 is 19.7. The minimum absolute atomic E-state index is 0.116. The van der Waals surface area contributed by atoms with Crippen LogP contribution in [0.1, 0.15) is 12.0 Å². The second-order valence-electron chi connectivity index (χ2n) is 5.94. The largest absolute Gasteiger partial charge is 0.381 e. The Morgan fingerprint density at radius 3 is 2.67 bits per heavy atom. The van der Waals surface area contributed by atoms with E-state index in [4.69, 9.17) is 4.74 Å². The molecule has 0 N–H and O–H groups in total. The maximum absolute atomic E-state index is 14.2. The van der Waals surface area contributed by atoms with Crippen molar-refractivity contribution in [2.24, 2.45) is 5.92 Å². The number of benzene rings is 2. The van der Waals surface area contributed by atoms with Gasteiger partial charge in [0.25, 0.3) is 5.69 Å². The Morgan fingerprint density at radius 1 is 1.21 bits per heavy atom. The van der Waals surface area contributed by atoms with Gasteiger partial charge in [-0.1, -0.05) is 24.3 Å². The van der Waals surface area contributed by atoms with Gasteiger partial charge in [0.15, 0.2) is 0 Å². The van der Waals surface area contributed by atoms with Crippen LogP contribution in [0.25, 0.3) is 0 Å². The predicted molar refractivity (Wildman–Crippen MR) is 89.5 cm³/mol. The lowest BCUT2D eigenvalue weighted by molar-refractivity contribution is -0.385. The molecule has 3 rings (SSSR count). The van der Waals surface area contributed by atoms with Crippen molar-refractivity contribution in [1.82, 2.24) is 0 Å². The van der Waals surface area contributed by atoms with Crippen molar-refractivity contribution in [3.8, 4) is 0 Å². The molecule has 1 heterocycles. The molecule has 24 heavy (non-hydrogen) atoms. The van der Waals surface area contributed by atoms with Crippen LogP contribution in [0.3, 0.4) is 0 Å². The molecule has 1 atom stereocenters. The van der Waals surface area contributed by atoms with Crippen molar-refractivity contribution >= 4 is 11.4 Å². The van der Waals surface area contributed by atoms with E-state index in [1.165, 1.54) is 18.2 Å². The highest BCUT2D eigenvalue weighted by atomic mass is 19.1. The van der Waals surface area contributed by atoms with Gasteiger partial charge in [-0.3, -0.25) is 10.1 Å². The van der Waals surface area contributed by atoms with E-state index in [9.17, 15) is 14.5 Å². The molecule has 1 fully saturated rings. The molecule has 0 aliphatic carbocycles. The quantitative estimate of drug-likeness (QED) is 0.597. The number of halogens is 1. The van der Waals surface area contributed by atoms with Gasteiger partial charge in [0.05, 0.1) is 23.6 Å². The minimum Gasteiger partial charge on any atom is -0.381 e. The maximum atomic E-state index is 14.2. The molecule has 6 heteroatoms. The third-order valence-corrected chi connectivity index (χ3v) is 4.26. The molecule has 0 amide bonds. The van der Waals surface area contributed by atoms with Crippen LogP contribution < -0.4 is 4.90 Å². The average molecular weight is 330 g/mol. The molecule has 0 spiro atoms. The normalized spacial score (nSPS) is 17.0. The van der Waals surface area contributed by atoms with Gasteiger partial charge >= 0.3 is 0 Å². The molecule has 1 aliphatic heterocycles. The Kier molecular flexibility index (Phi) is 5.05. The van der Waals surface area contributed by atoms with Crippen LogP contribution in [0.5, 0.6) is 0 Å². The number of hydrogen-bond donors (Lipinski definition) is 0. The summed E-state index contributed by atoms with van der Waals surface area (Å²) >= 11 is 0. The van der Waals surface area contributed by atoms with E-state index < -0.39 is 10.7 Å². The first-order chi connectivity index (χ1) is 11.6. The molecular formula is C18H19FN2O3. The van der Waals surface area contributed by atoms with Crippen molar-refractivity contribution in [2.75, 3.05) is 24.7 Å². The average Bonchev–Trinajstić information content (AvgIpc) is 3.09. The summed E-state index contributed by atoms with van der Waals surface area (Å²) in [4.78, 5) is 12.7. The number of rotatable bonds is 6. The van der Waals surface area contributed by atoms with Crippen LogP contribution >= 0.6 is 0 Å². The Hall–Kier alpha value is -2.47. The first-order valence-electron chi connectivity index (χ1n) is 7.94. The van der Waals surface area contributed by atoms with Crippen molar-refractivity contribution in [3.05, 3.63) is 70.0 Å². The lowest BCUT2D eigenvalue weighted by Gasteiger charge is -2.27. The van der Waals surface area contributed by atoms with E-state index in [1.54, 1.807) is 0 Å². The smallest absolute Gasteiger partial charge is 0.277 e. The summed E-state index contributed by atoms with van der Waals surface area (Å²) in [6.45, 7) is 2.23. The lowest BCUT2D eigenvalue weighted by atomic mass is 10.1. The fourth-order valence-corrected chi connectivity index (χ4v) is 3.00. The van der Waals surface area contributed by atoms with E-state index in [2.05, 4.69) is 0 Å². The molecule has 0 saturated carbocycles. The Morgan fingerprint density at radius 2 is 2.00 bits per heavy atom. The van der Waals surface area contributed by atoms with Crippen LogP contribution in [0.4, 0.5) is 15.8 Å². The van der Waals surface area contributed by atoms with E-state index in [-0.39, 0.29) is 17.8 Å². The van der Waals surface area contributed by atoms with Crippen LogP contribution in [0.2, 0.25) is 0 Å². The van der Waals surface area contributed by atoms with Gasteiger partial charge in [-0.05, 0) is 24.6 Å². The number of nitro benzene ring substituents is 1. The molecule has 0 radical (unpaired) electrons. The second kappa shape index (κ2) is 7.40. The molecule has 0 aromatic heterocycles. The monoisotopic (exact) mass is 330 g/mol. The summed E-state index contributed by atoms with van der Waals surface area (Å²) in [6, 6.07) is 13.6. The Balaban J connectivity index is 1.90. The van der Waals surface area contributed by atoms with Crippen molar-refractivity contribution in [3.63, 3.8) is 0 Å². The highest BCUT2D eigenvalue weighted by Gasteiger charge is 2.24. The minimum atomic E-state index is -0.548. The lowest BCUT2D eigenvalue weighted by Crippen LogP contribution is -2.30. The van der Waals surface area contributed by atoms with Gasteiger partial charge in [-0.15, -0.1) is 0 Å². The molecule has 5 nitrogen and oxygen atoms in total. The number of hydrogen-bond acceptors (Lipinski definition) is 4. The van der Waals surface area contributed by atoms with Crippen LogP contribution in [-0.2, 0) is 11.3 Å². The number of nitro groups is 1. The summed E-state index contributed by atoms with van der Waals surface area (Å²) in [6.07, 6.45) is 0.947. The summed E-state index contributed by atoms with van der Waals surface area (Å²) in [5, 5.41) is 11.2. The first-order valence-corrected chi connectivity index (χ1v) is 7.94. The van der Waals surface area contributed by atoms with Gasteiger partial charge in [-0.2, -0.15) is 0 Å². The van der Waals surface area contributed by atoms with Gasteiger partial charge in [0, 0.05) is 30.8 Å². The van der Waals surface area contributed by atoms with Gasteiger partial charge in [0.1, 0.15) is 5.82 Å². The first kappa shape index (κ1) is 16.4. The zero-order valence-electron chi connectivity index (χ0n) is 13.2. The topological polar surface area (TPSA) is 55.6 Å². The summed E-state index contributed by atoms with van der Waals surface area (Å²) in [7, 11) is 0. The van der Waals surface area contributed by atoms with E-state index in [0.717, 1.165) is 18.7 Å². The van der Waals surface area contributed by atoms with Gasteiger partial charge < -0.3 is 9.64 Å². The van der Waals surface area contributed by atoms with E-state index in [0.29, 0.717) is 19.1 Å². The zero-order valence-corrected chi connectivity index (χ0v) is 13.2. The molecule has 2 aromatic rings. The summed E-state index contributed by atoms with van der Waals surface area (Å²) in [5.41, 5.74) is 0.853. The molecular weight excluding hydrogens is 311 g/mol. The van der Waals surface area contributed by atoms with Gasteiger partial charge in [0.2, 0.25) is 0 Å². The zero-order chi connectivity index (χ0) is 16.9. The van der Waals surface area contributed by atoms with Gasteiger partial charge in [-0.25, -0.2) is 4.39 Å². The molecule has 1 unspecified atom stereocenters. The van der Waals surface area contributed by atoms with Crippen molar-refractivity contribution in [2.45, 2.75) is 13.0 Å². The van der Waals surface area contributed by atoms with E-state index in [1.807, 2.05) is 35.2 Å². The number of anilines is 1. The van der Waals surface area contributed by atoms with Crippen LogP contribution in [0.15, 0.2) is 48.5 Å². The number of para-hydroxylation sites is 1. The molecule has 126 valence electrons. The van der Waals surface area contributed by atoms with Crippen LogP contribution in [0, 0.1) is 21.8 Å². The Bertz CT molecular complexity index is 703. The second-order valence-corrected chi connectivity index (χ2v) is 5.94. The third kappa shape index (κ3) is 3.71. The highest BCUT2D eigenvalue weighted by molar-refractivity contribution is 5.50. The molecule has 1 aliphatic rings. The van der Waals surface area contributed by atoms with Crippen molar-refractivity contribution in [1.29, 1.82) is 0 Å². The maximum Gasteiger partial charge on any atom is 0.277 e. The fraction of sp³-hybridized carbons (Fsp3) is 0.333. The SMILES string of the molecule is O=[N+]([O-])c1cccc(F)c1CN(CC1CCOC1)c1ccccc1. The van der Waals surface area contributed by atoms with E-state index >= 15 is 0 Å². The number of ether oxygens (including phenoxy) is 1. The molecule has 2 aromatic carbocycles. The fourth-order valence-electron chi connectivity index (χ4n) is 3.00. The molecule has 0 bridgehead atoms. The summed E-state index contributed by atoms with van der Waals surface area (Å²) in [5.74, 6) is -0.205. The third-order valence-electron chi connectivity index (χ3n) is 4.26. The van der Waals surface area contributed by atoms with Crippen LogP contribution in [-0.4, -0.2) is 24.7 Å². The Labute approximate surface area is 139 Å². The highest BCUT2D eigenvalue weighted by Crippen LogP contribution is 2.27. The predicted octanol–water partition coefficient (Wildman–Crippen LogP) is 3.78. The number of nitrogens with zero attached hydrogens (tertiary/aromatic N) is 2. The molecule has 1 saturated heterocycles. The van der Waals surface area contributed by atoms with Crippen molar-refractivity contribution < 1.29 is 14.1 Å².